The van der Waals surface area contributed by atoms with E-state index in [4.69, 9.17) is 9.47 Å². The van der Waals surface area contributed by atoms with Crippen molar-refractivity contribution >= 4 is 6.03 Å². The molecule has 2 heterocycles. The van der Waals surface area contributed by atoms with Crippen LogP contribution in [0, 0.1) is 0 Å². The number of benzene rings is 1. The van der Waals surface area contributed by atoms with Gasteiger partial charge in [-0.05, 0) is 24.1 Å². The number of nitrogens with one attached hydrogen (secondary N) is 1. The Morgan fingerprint density at radius 3 is 2.95 bits per heavy atom. The first kappa shape index (κ1) is 12.5. The second-order valence-corrected chi connectivity index (χ2v) is 4.43. The highest BCUT2D eigenvalue weighted by Gasteiger charge is 2.11. The van der Waals surface area contributed by atoms with E-state index in [1.165, 1.54) is 10.9 Å². The minimum atomic E-state index is -0.181. The van der Waals surface area contributed by atoms with Gasteiger partial charge in [-0.15, -0.1) is 0 Å². The van der Waals surface area contributed by atoms with Crippen molar-refractivity contribution in [2.45, 2.75) is 6.42 Å². The van der Waals surface area contributed by atoms with Crippen LogP contribution in [-0.4, -0.2) is 35.3 Å². The van der Waals surface area contributed by atoms with Gasteiger partial charge in [0.15, 0.2) is 11.5 Å². The van der Waals surface area contributed by atoms with E-state index in [1.807, 2.05) is 18.2 Å². The molecular formula is C14H15N3O3. The monoisotopic (exact) mass is 273 g/mol. The van der Waals surface area contributed by atoms with Gasteiger partial charge >= 0.3 is 6.03 Å². The third-order valence-corrected chi connectivity index (χ3v) is 3.04. The van der Waals surface area contributed by atoms with Crippen molar-refractivity contribution in [2.24, 2.45) is 0 Å². The number of hydrogen-bond donors (Lipinski definition) is 1. The summed E-state index contributed by atoms with van der Waals surface area (Å²) in [5.41, 5.74) is 1.10. The summed E-state index contributed by atoms with van der Waals surface area (Å²) in [7, 11) is 0. The van der Waals surface area contributed by atoms with Gasteiger partial charge in [0.1, 0.15) is 19.5 Å². The normalized spacial score (nSPS) is 13.0. The molecule has 20 heavy (non-hydrogen) atoms. The van der Waals surface area contributed by atoms with E-state index in [9.17, 15) is 4.79 Å². The predicted molar refractivity (Wildman–Crippen MR) is 72.2 cm³/mol. The maximum atomic E-state index is 11.7. The molecule has 0 atom stereocenters. The Morgan fingerprint density at radius 2 is 2.15 bits per heavy atom. The number of ether oxygens (including phenoxy) is 2. The van der Waals surface area contributed by atoms with Crippen LogP contribution in [0.4, 0.5) is 4.79 Å². The molecule has 0 saturated heterocycles. The van der Waals surface area contributed by atoms with Crippen LogP contribution in [0.1, 0.15) is 5.56 Å². The molecular weight excluding hydrogens is 258 g/mol. The zero-order valence-corrected chi connectivity index (χ0v) is 10.9. The number of nitrogens with zero attached hydrogens (tertiary/aromatic N) is 2. The predicted octanol–water partition coefficient (Wildman–Crippen LogP) is 1.45. The average Bonchev–Trinajstić information content (AvgIpc) is 3.01. The van der Waals surface area contributed by atoms with Crippen molar-refractivity contribution in [1.82, 2.24) is 14.9 Å². The summed E-state index contributed by atoms with van der Waals surface area (Å²) in [5.74, 6) is 1.55. The highest BCUT2D eigenvalue weighted by Crippen LogP contribution is 2.30. The Bertz CT molecular complexity index is 596. The van der Waals surface area contributed by atoms with Gasteiger partial charge in [-0.1, -0.05) is 6.07 Å². The molecule has 1 aliphatic heterocycles. The van der Waals surface area contributed by atoms with E-state index < -0.39 is 0 Å². The maximum absolute atomic E-state index is 11.7. The van der Waals surface area contributed by atoms with Crippen molar-refractivity contribution in [3.05, 3.63) is 42.5 Å². The fraction of sp³-hybridized carbons (Fsp3) is 0.286. The van der Waals surface area contributed by atoms with Crippen LogP contribution < -0.4 is 14.8 Å². The minimum Gasteiger partial charge on any atom is -0.486 e. The van der Waals surface area contributed by atoms with Crippen molar-refractivity contribution < 1.29 is 14.3 Å². The molecule has 0 spiro atoms. The number of carbonyl (C=O) groups excluding carboxylic acids is 1. The highest BCUT2D eigenvalue weighted by molar-refractivity contribution is 5.76. The van der Waals surface area contributed by atoms with Gasteiger partial charge < -0.3 is 14.8 Å². The second kappa shape index (κ2) is 5.64. The molecule has 0 radical (unpaired) electrons. The van der Waals surface area contributed by atoms with Crippen LogP contribution in [0.15, 0.2) is 36.9 Å². The third-order valence-electron chi connectivity index (χ3n) is 3.04. The Balaban J connectivity index is 1.55. The van der Waals surface area contributed by atoms with Gasteiger partial charge in [0.25, 0.3) is 0 Å². The van der Waals surface area contributed by atoms with E-state index in [-0.39, 0.29) is 6.03 Å². The molecule has 2 aromatic rings. The lowest BCUT2D eigenvalue weighted by Gasteiger charge is -2.18. The summed E-state index contributed by atoms with van der Waals surface area (Å²) in [5, 5.41) is 2.83. The number of fused-ring (bicyclic) bond motifs is 1. The van der Waals surface area contributed by atoms with Gasteiger partial charge in [0, 0.05) is 18.9 Å². The Kier molecular flexibility index (Phi) is 3.54. The Morgan fingerprint density at radius 1 is 1.30 bits per heavy atom. The summed E-state index contributed by atoms with van der Waals surface area (Å²) < 4.78 is 12.4. The molecule has 1 N–H and O–H groups in total. The molecule has 1 aromatic carbocycles. The summed E-state index contributed by atoms with van der Waals surface area (Å²) in [6, 6.07) is 5.66. The quantitative estimate of drug-likeness (QED) is 0.919. The molecule has 0 unspecified atom stereocenters. The van der Waals surface area contributed by atoms with Gasteiger partial charge in [-0.3, -0.25) is 4.57 Å². The van der Waals surface area contributed by atoms with Crippen LogP contribution in [-0.2, 0) is 6.42 Å². The molecule has 0 saturated carbocycles. The molecule has 0 fully saturated rings. The fourth-order valence-corrected chi connectivity index (χ4v) is 2.03. The molecule has 1 amide bonds. The Labute approximate surface area is 116 Å². The smallest absolute Gasteiger partial charge is 0.326 e. The van der Waals surface area contributed by atoms with Crippen LogP contribution in [0.2, 0.25) is 0 Å². The SMILES string of the molecule is O=C(NCCc1ccc2c(c1)OCCO2)n1ccnc1. The molecule has 6 heteroatoms. The molecule has 1 aromatic heterocycles. The lowest BCUT2D eigenvalue weighted by Crippen LogP contribution is -2.29. The van der Waals surface area contributed by atoms with Gasteiger partial charge in [-0.2, -0.15) is 0 Å². The van der Waals surface area contributed by atoms with Gasteiger partial charge in [0.05, 0.1) is 0 Å². The van der Waals surface area contributed by atoms with Crippen LogP contribution >= 0.6 is 0 Å². The summed E-state index contributed by atoms with van der Waals surface area (Å²) in [6.45, 7) is 1.72. The van der Waals surface area contributed by atoms with Crippen molar-refractivity contribution in [1.29, 1.82) is 0 Å². The largest absolute Gasteiger partial charge is 0.486 e. The number of hydrogen-bond acceptors (Lipinski definition) is 4. The molecule has 0 bridgehead atoms. The number of rotatable bonds is 3. The van der Waals surface area contributed by atoms with Crippen molar-refractivity contribution in [3.8, 4) is 11.5 Å². The van der Waals surface area contributed by atoms with E-state index >= 15 is 0 Å². The van der Waals surface area contributed by atoms with E-state index in [1.54, 1.807) is 12.4 Å². The Hall–Kier alpha value is -2.50. The van der Waals surface area contributed by atoms with Crippen molar-refractivity contribution in [3.63, 3.8) is 0 Å². The summed E-state index contributed by atoms with van der Waals surface area (Å²) in [6.07, 6.45) is 5.39. The first-order chi connectivity index (χ1) is 9.83. The zero-order chi connectivity index (χ0) is 13.8. The topological polar surface area (TPSA) is 65.4 Å². The average molecular weight is 273 g/mol. The lowest BCUT2D eigenvalue weighted by atomic mass is 10.1. The van der Waals surface area contributed by atoms with Gasteiger partial charge in [0.2, 0.25) is 0 Å². The molecule has 0 aliphatic carbocycles. The van der Waals surface area contributed by atoms with E-state index in [0.29, 0.717) is 19.8 Å². The van der Waals surface area contributed by atoms with Gasteiger partial charge in [-0.25, -0.2) is 9.78 Å². The number of imidazole rings is 1. The van der Waals surface area contributed by atoms with Crippen LogP contribution in [0.5, 0.6) is 11.5 Å². The number of amides is 1. The van der Waals surface area contributed by atoms with Crippen LogP contribution in [0.25, 0.3) is 0 Å². The second-order valence-electron chi connectivity index (χ2n) is 4.43. The minimum absolute atomic E-state index is 0.181. The van der Waals surface area contributed by atoms with E-state index in [2.05, 4.69) is 10.3 Å². The highest BCUT2D eigenvalue weighted by atomic mass is 16.6. The fourth-order valence-electron chi connectivity index (χ4n) is 2.03. The molecule has 104 valence electrons. The zero-order valence-electron chi connectivity index (χ0n) is 10.9. The van der Waals surface area contributed by atoms with Crippen molar-refractivity contribution in [2.75, 3.05) is 19.8 Å². The standard InChI is InChI=1S/C14H15N3O3/c18-14(17-6-5-15-10-17)16-4-3-11-1-2-12-13(9-11)20-8-7-19-12/h1-2,5-6,9-10H,3-4,7-8H2,(H,16,18). The first-order valence-electron chi connectivity index (χ1n) is 6.47. The first-order valence-corrected chi connectivity index (χ1v) is 6.47. The summed E-state index contributed by atoms with van der Waals surface area (Å²) in [4.78, 5) is 15.5. The maximum Gasteiger partial charge on any atom is 0.326 e. The number of carbonyl (C=O) groups is 1. The molecule has 3 rings (SSSR count). The molecule has 1 aliphatic rings. The third kappa shape index (κ3) is 2.74. The lowest BCUT2D eigenvalue weighted by molar-refractivity contribution is 0.171. The summed E-state index contributed by atoms with van der Waals surface area (Å²) >= 11 is 0. The van der Waals surface area contributed by atoms with Crippen LogP contribution in [0.3, 0.4) is 0 Å². The molecule has 6 nitrogen and oxygen atoms in total. The van der Waals surface area contributed by atoms with E-state index in [0.717, 1.165) is 23.5 Å². The number of aromatic nitrogens is 2.